The monoisotopic (exact) mass is 408 g/mol. The second-order valence-corrected chi connectivity index (χ2v) is 11.1. The molecule has 0 saturated heterocycles. The molecule has 28 heavy (non-hydrogen) atoms. The summed E-state index contributed by atoms with van der Waals surface area (Å²) in [5.74, 6) is 2.69. The fourth-order valence-electron chi connectivity index (χ4n) is 4.40. The van der Waals surface area contributed by atoms with E-state index in [1.54, 1.807) is 21.3 Å². The topological polar surface area (TPSA) is 36.9 Å². The van der Waals surface area contributed by atoms with Crippen molar-refractivity contribution in [3.8, 4) is 5.75 Å². The van der Waals surface area contributed by atoms with Crippen molar-refractivity contribution in [2.75, 3.05) is 27.9 Å². The van der Waals surface area contributed by atoms with E-state index in [1.165, 1.54) is 44.1 Å². The third kappa shape index (κ3) is 7.18. The molecule has 1 aromatic rings. The quantitative estimate of drug-likeness (QED) is 0.288. The lowest BCUT2D eigenvalue weighted by Gasteiger charge is -2.28. The highest BCUT2D eigenvalue weighted by atomic mass is 28.4. The second-order valence-electron chi connectivity index (χ2n) is 8.03. The summed E-state index contributed by atoms with van der Waals surface area (Å²) in [5.41, 5.74) is 1.49. The first-order valence-electron chi connectivity index (χ1n) is 11.0. The summed E-state index contributed by atoms with van der Waals surface area (Å²) in [6.07, 6.45) is 11.4. The molecule has 0 bridgehead atoms. The predicted octanol–water partition coefficient (Wildman–Crippen LogP) is 6.19. The van der Waals surface area contributed by atoms with E-state index in [9.17, 15) is 0 Å². The summed E-state index contributed by atoms with van der Waals surface area (Å²) in [6, 6.07) is 9.69. The van der Waals surface area contributed by atoms with E-state index in [0.717, 1.165) is 49.5 Å². The van der Waals surface area contributed by atoms with Crippen LogP contribution < -0.4 is 4.74 Å². The van der Waals surface area contributed by atoms with E-state index in [4.69, 9.17) is 18.0 Å². The standard InChI is InChI=1S/C23H40O4Si/c1-5-9-20-10-12-21(13-11-20)22-14-16-23(17-15-22)27-18-7-6-8-19-28(24-2,25-3)26-4/h14-17,20-21H,5-13,18-19H2,1-4H3/t20-,21-. The number of hydrogen-bond donors (Lipinski definition) is 0. The molecule has 0 radical (unpaired) electrons. The van der Waals surface area contributed by atoms with Crippen LogP contribution in [0.1, 0.15) is 76.2 Å². The normalized spacial score (nSPS) is 20.3. The molecule has 0 amide bonds. The highest BCUT2D eigenvalue weighted by molar-refractivity contribution is 6.60. The molecule has 0 spiro atoms. The van der Waals surface area contributed by atoms with Crippen molar-refractivity contribution in [3.05, 3.63) is 29.8 Å². The maximum atomic E-state index is 5.93. The Morgan fingerprint density at radius 3 is 2.07 bits per heavy atom. The number of hydrogen-bond acceptors (Lipinski definition) is 4. The van der Waals surface area contributed by atoms with Gasteiger partial charge in [0.15, 0.2) is 0 Å². The first kappa shape index (κ1) is 23.4. The average molecular weight is 409 g/mol. The fourth-order valence-corrected chi connectivity index (χ4v) is 6.19. The lowest BCUT2D eigenvalue weighted by atomic mass is 9.77. The first-order chi connectivity index (χ1) is 13.7. The van der Waals surface area contributed by atoms with Crippen LogP contribution in [0, 0.1) is 5.92 Å². The Bertz CT molecular complexity index is 514. The number of benzene rings is 1. The van der Waals surface area contributed by atoms with Crippen LogP contribution in [0.4, 0.5) is 0 Å². The van der Waals surface area contributed by atoms with E-state index in [0.29, 0.717) is 0 Å². The van der Waals surface area contributed by atoms with Gasteiger partial charge in [0.2, 0.25) is 0 Å². The van der Waals surface area contributed by atoms with Crippen molar-refractivity contribution in [2.45, 2.75) is 76.7 Å². The molecule has 0 atom stereocenters. The highest BCUT2D eigenvalue weighted by Crippen LogP contribution is 2.37. The molecule has 1 saturated carbocycles. The van der Waals surface area contributed by atoms with Gasteiger partial charge >= 0.3 is 8.80 Å². The molecule has 1 aliphatic rings. The van der Waals surface area contributed by atoms with E-state index in [2.05, 4.69) is 31.2 Å². The first-order valence-corrected chi connectivity index (χ1v) is 13.0. The van der Waals surface area contributed by atoms with Gasteiger partial charge in [0.1, 0.15) is 5.75 Å². The van der Waals surface area contributed by atoms with Crippen LogP contribution in [-0.4, -0.2) is 36.7 Å². The fraction of sp³-hybridized carbons (Fsp3) is 0.739. The molecule has 0 aromatic heterocycles. The molecule has 0 N–H and O–H groups in total. The molecule has 0 aliphatic heterocycles. The van der Waals surface area contributed by atoms with Crippen molar-refractivity contribution >= 4 is 8.80 Å². The van der Waals surface area contributed by atoms with Gasteiger partial charge in [-0.25, -0.2) is 0 Å². The van der Waals surface area contributed by atoms with Gasteiger partial charge in [0.25, 0.3) is 0 Å². The third-order valence-electron chi connectivity index (χ3n) is 6.22. The maximum Gasteiger partial charge on any atom is 0.500 e. The highest BCUT2D eigenvalue weighted by Gasteiger charge is 2.36. The summed E-state index contributed by atoms with van der Waals surface area (Å²) in [6.45, 7) is 3.06. The summed E-state index contributed by atoms with van der Waals surface area (Å²) >= 11 is 0. The van der Waals surface area contributed by atoms with Gasteiger partial charge in [-0.1, -0.05) is 38.3 Å². The second kappa shape index (κ2) is 12.6. The van der Waals surface area contributed by atoms with Crippen LogP contribution >= 0.6 is 0 Å². The van der Waals surface area contributed by atoms with Crippen LogP contribution in [0.3, 0.4) is 0 Å². The molecule has 160 valence electrons. The van der Waals surface area contributed by atoms with Gasteiger partial charge < -0.3 is 18.0 Å². The van der Waals surface area contributed by atoms with E-state index in [-0.39, 0.29) is 0 Å². The molecule has 5 heteroatoms. The Morgan fingerprint density at radius 1 is 0.857 bits per heavy atom. The Labute approximate surface area is 173 Å². The van der Waals surface area contributed by atoms with Crippen molar-refractivity contribution in [3.63, 3.8) is 0 Å². The molecular formula is C23H40O4Si. The van der Waals surface area contributed by atoms with Crippen LogP contribution in [0.5, 0.6) is 5.75 Å². The minimum Gasteiger partial charge on any atom is -0.494 e. The van der Waals surface area contributed by atoms with Gasteiger partial charge in [-0.3, -0.25) is 0 Å². The van der Waals surface area contributed by atoms with E-state index >= 15 is 0 Å². The van der Waals surface area contributed by atoms with Crippen molar-refractivity contribution in [1.82, 2.24) is 0 Å². The number of rotatable bonds is 13. The molecule has 1 aromatic carbocycles. The van der Waals surface area contributed by atoms with Crippen molar-refractivity contribution in [2.24, 2.45) is 5.92 Å². The zero-order valence-electron chi connectivity index (χ0n) is 18.4. The van der Waals surface area contributed by atoms with Gasteiger partial charge in [0, 0.05) is 27.4 Å². The van der Waals surface area contributed by atoms with Crippen molar-refractivity contribution < 1.29 is 18.0 Å². The molecule has 1 aliphatic carbocycles. The third-order valence-corrected chi connectivity index (χ3v) is 9.06. The maximum absolute atomic E-state index is 5.93. The minimum atomic E-state index is -2.41. The van der Waals surface area contributed by atoms with Gasteiger partial charge in [-0.05, 0) is 68.1 Å². The Balaban J connectivity index is 1.64. The number of unbranched alkanes of at least 4 members (excludes halogenated alkanes) is 2. The Morgan fingerprint density at radius 2 is 1.50 bits per heavy atom. The van der Waals surface area contributed by atoms with Gasteiger partial charge in [-0.2, -0.15) is 0 Å². The zero-order valence-corrected chi connectivity index (χ0v) is 19.4. The van der Waals surface area contributed by atoms with Crippen molar-refractivity contribution in [1.29, 1.82) is 0 Å². The summed E-state index contributed by atoms with van der Waals surface area (Å²) in [5, 5.41) is 0. The van der Waals surface area contributed by atoms with Gasteiger partial charge in [-0.15, -0.1) is 0 Å². The van der Waals surface area contributed by atoms with E-state index in [1.807, 2.05) is 0 Å². The lowest BCUT2D eigenvalue weighted by Crippen LogP contribution is -2.42. The van der Waals surface area contributed by atoms with Crippen LogP contribution in [0.25, 0.3) is 0 Å². The average Bonchev–Trinajstić information content (AvgIpc) is 2.75. The lowest BCUT2D eigenvalue weighted by molar-refractivity contribution is 0.122. The SMILES string of the molecule is CCC[C@H]1CC[C@H](c2ccc(OCCCCC[Si](OC)(OC)OC)cc2)CC1. The largest absolute Gasteiger partial charge is 0.500 e. The van der Waals surface area contributed by atoms with Crippen LogP contribution in [0.15, 0.2) is 24.3 Å². The molecule has 1 fully saturated rings. The zero-order chi connectivity index (χ0) is 20.2. The van der Waals surface area contributed by atoms with Crippen LogP contribution in [-0.2, 0) is 13.3 Å². The number of ether oxygens (including phenoxy) is 1. The summed E-state index contributed by atoms with van der Waals surface area (Å²) in [4.78, 5) is 0. The Kier molecular flexibility index (Phi) is 10.6. The smallest absolute Gasteiger partial charge is 0.494 e. The predicted molar refractivity (Wildman–Crippen MR) is 117 cm³/mol. The van der Waals surface area contributed by atoms with Gasteiger partial charge in [0.05, 0.1) is 6.61 Å². The Hall–Kier alpha value is -0.883. The summed E-state index contributed by atoms with van der Waals surface area (Å²) < 4.78 is 22.3. The molecule has 0 heterocycles. The molecule has 2 rings (SSSR count). The van der Waals surface area contributed by atoms with E-state index < -0.39 is 8.80 Å². The van der Waals surface area contributed by atoms with Crippen LogP contribution in [0.2, 0.25) is 6.04 Å². The minimum absolute atomic E-state index is 0.744. The molecule has 0 unspecified atom stereocenters. The molecular weight excluding hydrogens is 368 g/mol. The molecule has 4 nitrogen and oxygen atoms in total. The summed E-state index contributed by atoms with van der Waals surface area (Å²) in [7, 11) is 2.59.